The Morgan fingerprint density at radius 3 is 2.68 bits per heavy atom. The molecule has 0 spiro atoms. The summed E-state index contributed by atoms with van der Waals surface area (Å²) >= 11 is 0. The lowest BCUT2D eigenvalue weighted by atomic mass is 10.2. The van der Waals surface area contributed by atoms with Crippen LogP contribution in [0.4, 0.5) is 5.69 Å². The molecule has 2 N–H and O–H groups in total. The fourth-order valence-corrected chi connectivity index (χ4v) is 1.49. The summed E-state index contributed by atoms with van der Waals surface area (Å²) in [5, 5.41) is 10.9. The Balaban J connectivity index is 2.50. The third kappa shape index (κ3) is 2.54. The lowest BCUT2D eigenvalue weighted by Gasteiger charge is -2.04. The average molecular weight is 263 g/mol. The summed E-state index contributed by atoms with van der Waals surface area (Å²) in [5.41, 5.74) is -0.764. The van der Waals surface area contributed by atoms with Crippen LogP contribution in [0.5, 0.6) is 5.75 Å². The van der Waals surface area contributed by atoms with Gasteiger partial charge in [0.05, 0.1) is 7.11 Å². The minimum Gasteiger partial charge on any atom is -0.497 e. The third-order valence-corrected chi connectivity index (χ3v) is 2.38. The van der Waals surface area contributed by atoms with E-state index in [4.69, 9.17) is 14.3 Å². The molecule has 0 saturated heterocycles. The second-order valence-electron chi connectivity index (χ2n) is 3.61. The fourth-order valence-electron chi connectivity index (χ4n) is 1.49. The van der Waals surface area contributed by atoms with Crippen LogP contribution in [-0.2, 0) is 9.59 Å². The van der Waals surface area contributed by atoms with Crippen molar-refractivity contribution >= 4 is 28.5 Å². The second kappa shape index (κ2) is 4.81. The summed E-state index contributed by atoms with van der Waals surface area (Å²) < 4.78 is 9.96. The molecule has 0 aliphatic carbocycles. The first-order valence-electron chi connectivity index (χ1n) is 5.17. The summed E-state index contributed by atoms with van der Waals surface area (Å²) in [7, 11) is 1.48. The van der Waals surface area contributed by atoms with Gasteiger partial charge in [-0.1, -0.05) is 0 Å². The SMILES string of the molecule is COc1ccc2oc(=O)c(NC(=O)C(=O)O)cc2c1. The second-order valence-corrected chi connectivity index (χ2v) is 3.61. The summed E-state index contributed by atoms with van der Waals surface area (Å²) in [4.78, 5) is 33.0. The number of fused-ring (bicyclic) bond motifs is 1. The molecule has 1 aromatic carbocycles. The van der Waals surface area contributed by atoms with E-state index in [0.717, 1.165) is 0 Å². The molecule has 0 aliphatic rings. The summed E-state index contributed by atoms with van der Waals surface area (Å²) in [6.07, 6.45) is 0. The van der Waals surface area contributed by atoms with Gasteiger partial charge in [-0.3, -0.25) is 4.79 Å². The molecule has 7 heteroatoms. The molecule has 19 heavy (non-hydrogen) atoms. The molecule has 0 atom stereocenters. The van der Waals surface area contributed by atoms with Gasteiger partial charge in [0, 0.05) is 5.39 Å². The van der Waals surface area contributed by atoms with Gasteiger partial charge in [-0.2, -0.15) is 0 Å². The summed E-state index contributed by atoms with van der Waals surface area (Å²) in [6, 6.07) is 6.07. The van der Waals surface area contributed by atoms with Gasteiger partial charge in [0.15, 0.2) is 0 Å². The molecule has 0 radical (unpaired) electrons. The Morgan fingerprint density at radius 2 is 2.05 bits per heavy atom. The first-order chi connectivity index (χ1) is 9.01. The number of rotatable bonds is 2. The minimum absolute atomic E-state index is 0.242. The van der Waals surface area contributed by atoms with Crippen LogP contribution < -0.4 is 15.7 Å². The number of carboxylic acids is 1. The van der Waals surface area contributed by atoms with Crippen molar-refractivity contribution in [2.75, 3.05) is 12.4 Å². The molecule has 0 bridgehead atoms. The number of hydrogen-bond donors (Lipinski definition) is 2. The predicted molar refractivity (Wildman–Crippen MR) is 65.3 cm³/mol. The number of hydrogen-bond acceptors (Lipinski definition) is 5. The first-order valence-corrected chi connectivity index (χ1v) is 5.17. The molecule has 0 unspecified atom stereocenters. The van der Waals surface area contributed by atoms with E-state index < -0.39 is 17.5 Å². The van der Waals surface area contributed by atoms with Gasteiger partial charge in [-0.05, 0) is 24.3 Å². The molecule has 98 valence electrons. The monoisotopic (exact) mass is 263 g/mol. The van der Waals surface area contributed by atoms with Gasteiger partial charge in [-0.25, -0.2) is 9.59 Å². The van der Waals surface area contributed by atoms with Crippen LogP contribution in [0.25, 0.3) is 11.0 Å². The molecule has 1 amide bonds. The van der Waals surface area contributed by atoms with E-state index >= 15 is 0 Å². The number of methoxy groups -OCH3 is 1. The zero-order chi connectivity index (χ0) is 14.0. The predicted octanol–water partition coefficient (Wildman–Crippen LogP) is 0.825. The maximum Gasteiger partial charge on any atom is 0.394 e. The third-order valence-electron chi connectivity index (χ3n) is 2.38. The van der Waals surface area contributed by atoms with Crippen molar-refractivity contribution in [2.24, 2.45) is 0 Å². The summed E-state index contributed by atoms with van der Waals surface area (Å²) in [6.45, 7) is 0. The average Bonchev–Trinajstić information content (AvgIpc) is 2.38. The highest BCUT2D eigenvalue weighted by molar-refractivity contribution is 6.36. The maximum absolute atomic E-state index is 11.5. The van der Waals surface area contributed by atoms with Crippen LogP contribution in [0.2, 0.25) is 0 Å². The number of carbonyl (C=O) groups excluding carboxylic acids is 1. The lowest BCUT2D eigenvalue weighted by molar-refractivity contribution is -0.147. The standard InChI is InChI=1S/C12H9NO6/c1-18-7-2-3-9-6(4-7)5-8(12(17)19-9)13-10(14)11(15)16/h2-5H,1H3,(H,13,14)(H,15,16). The molecule has 0 saturated carbocycles. The van der Waals surface area contributed by atoms with Crippen LogP contribution in [0.15, 0.2) is 33.5 Å². The van der Waals surface area contributed by atoms with Crippen LogP contribution in [-0.4, -0.2) is 24.1 Å². The number of carboxylic acid groups (broad SMARTS) is 1. The van der Waals surface area contributed by atoms with E-state index in [0.29, 0.717) is 16.7 Å². The van der Waals surface area contributed by atoms with E-state index in [1.807, 2.05) is 5.32 Å². The minimum atomic E-state index is -1.69. The van der Waals surface area contributed by atoms with Crippen molar-refractivity contribution in [1.82, 2.24) is 0 Å². The molecule has 2 aromatic rings. The Labute approximate surface area is 106 Å². The van der Waals surface area contributed by atoms with E-state index in [1.54, 1.807) is 18.2 Å². The van der Waals surface area contributed by atoms with E-state index in [2.05, 4.69) is 0 Å². The topological polar surface area (TPSA) is 106 Å². The number of aliphatic carboxylic acids is 1. The number of amides is 1. The van der Waals surface area contributed by atoms with Crippen molar-refractivity contribution in [3.8, 4) is 5.75 Å². The molecule has 0 aliphatic heterocycles. The van der Waals surface area contributed by atoms with Crippen molar-refractivity contribution in [2.45, 2.75) is 0 Å². The number of ether oxygens (including phenoxy) is 1. The molecular formula is C12H9NO6. The van der Waals surface area contributed by atoms with Crippen LogP contribution >= 0.6 is 0 Å². The number of carbonyl (C=O) groups is 2. The van der Waals surface area contributed by atoms with Gasteiger partial charge < -0.3 is 19.6 Å². The van der Waals surface area contributed by atoms with Crippen LogP contribution in [0, 0.1) is 0 Å². The Morgan fingerprint density at radius 1 is 1.32 bits per heavy atom. The van der Waals surface area contributed by atoms with Crippen molar-refractivity contribution in [3.63, 3.8) is 0 Å². The Bertz CT molecular complexity index is 718. The van der Waals surface area contributed by atoms with Gasteiger partial charge in [0.1, 0.15) is 17.0 Å². The number of benzene rings is 1. The zero-order valence-electron chi connectivity index (χ0n) is 9.80. The lowest BCUT2D eigenvalue weighted by Crippen LogP contribution is -2.24. The van der Waals surface area contributed by atoms with Crippen molar-refractivity contribution < 1.29 is 23.8 Å². The van der Waals surface area contributed by atoms with Crippen molar-refractivity contribution in [3.05, 3.63) is 34.7 Å². The van der Waals surface area contributed by atoms with E-state index in [1.165, 1.54) is 13.2 Å². The van der Waals surface area contributed by atoms with Gasteiger partial charge >= 0.3 is 17.5 Å². The number of nitrogens with one attached hydrogen (secondary N) is 1. The van der Waals surface area contributed by atoms with Gasteiger partial charge in [-0.15, -0.1) is 0 Å². The molecule has 2 rings (SSSR count). The van der Waals surface area contributed by atoms with Crippen molar-refractivity contribution in [1.29, 1.82) is 0 Å². The van der Waals surface area contributed by atoms with Gasteiger partial charge in [0.25, 0.3) is 0 Å². The highest BCUT2D eigenvalue weighted by Gasteiger charge is 2.14. The van der Waals surface area contributed by atoms with Crippen LogP contribution in [0.3, 0.4) is 0 Å². The highest BCUT2D eigenvalue weighted by Crippen LogP contribution is 2.21. The Hall–Kier alpha value is -2.83. The largest absolute Gasteiger partial charge is 0.497 e. The van der Waals surface area contributed by atoms with Gasteiger partial charge in [0.2, 0.25) is 0 Å². The normalized spacial score (nSPS) is 10.2. The highest BCUT2D eigenvalue weighted by atomic mass is 16.5. The molecular weight excluding hydrogens is 254 g/mol. The smallest absolute Gasteiger partial charge is 0.394 e. The molecule has 0 fully saturated rings. The Kier molecular flexibility index (Phi) is 3.19. The molecule has 1 heterocycles. The molecule has 1 aromatic heterocycles. The first kappa shape index (κ1) is 12.6. The summed E-state index contributed by atoms with van der Waals surface area (Å²) in [5.74, 6) is -2.46. The van der Waals surface area contributed by atoms with E-state index in [-0.39, 0.29) is 5.69 Å². The fraction of sp³-hybridized carbons (Fsp3) is 0.0833. The van der Waals surface area contributed by atoms with E-state index in [9.17, 15) is 14.4 Å². The van der Waals surface area contributed by atoms with Crippen LogP contribution in [0.1, 0.15) is 0 Å². The zero-order valence-corrected chi connectivity index (χ0v) is 9.80. The molecule has 7 nitrogen and oxygen atoms in total. The maximum atomic E-state index is 11.5. The quantitative estimate of drug-likeness (QED) is 0.614. The number of anilines is 1.